The minimum Gasteiger partial charge on any atom is -0.491 e. The van der Waals surface area contributed by atoms with E-state index in [9.17, 15) is 14.4 Å². The minimum absolute atomic E-state index is 0.00674. The number of nitrogen functional groups attached to an aromatic ring is 1. The Kier molecular flexibility index (Phi) is 8.23. The van der Waals surface area contributed by atoms with E-state index in [0.717, 1.165) is 6.42 Å². The molecule has 0 aliphatic carbocycles. The Labute approximate surface area is 175 Å². The van der Waals surface area contributed by atoms with Crippen molar-refractivity contribution in [3.05, 3.63) is 50.7 Å². The summed E-state index contributed by atoms with van der Waals surface area (Å²) in [6.07, 6.45) is 1.56. The highest BCUT2D eigenvalue weighted by atomic mass is 16.5. The third-order valence-corrected chi connectivity index (χ3v) is 4.46. The van der Waals surface area contributed by atoms with Crippen LogP contribution in [0.4, 0.5) is 11.5 Å². The molecule has 0 saturated heterocycles. The second kappa shape index (κ2) is 10.6. The Balaban J connectivity index is 2.48. The Hall–Kier alpha value is -3.07. The fourth-order valence-electron chi connectivity index (χ4n) is 2.98. The fourth-order valence-corrected chi connectivity index (χ4v) is 2.98. The Morgan fingerprint density at radius 1 is 1.23 bits per heavy atom. The monoisotopic (exact) mass is 418 g/mol. The van der Waals surface area contributed by atoms with Crippen molar-refractivity contribution in [2.24, 2.45) is 0 Å². The quantitative estimate of drug-likeness (QED) is 0.609. The summed E-state index contributed by atoms with van der Waals surface area (Å²) in [5.74, 6) is 0.165. The predicted molar refractivity (Wildman–Crippen MR) is 116 cm³/mol. The van der Waals surface area contributed by atoms with Crippen LogP contribution in [0.25, 0.3) is 0 Å². The highest BCUT2D eigenvalue weighted by Gasteiger charge is 2.25. The summed E-state index contributed by atoms with van der Waals surface area (Å²) in [7, 11) is 1.50. The molecule has 0 bridgehead atoms. The molecule has 1 heterocycles. The molecule has 164 valence electrons. The Morgan fingerprint density at radius 3 is 2.47 bits per heavy atom. The molecule has 1 amide bonds. The van der Waals surface area contributed by atoms with Gasteiger partial charge in [-0.2, -0.15) is 0 Å². The van der Waals surface area contributed by atoms with Crippen LogP contribution in [-0.2, 0) is 11.3 Å². The molecule has 9 heteroatoms. The third kappa shape index (κ3) is 5.50. The lowest BCUT2D eigenvalue weighted by molar-refractivity contribution is 0.0975. The van der Waals surface area contributed by atoms with Gasteiger partial charge in [0.2, 0.25) is 0 Å². The van der Waals surface area contributed by atoms with Crippen LogP contribution < -0.4 is 26.6 Å². The highest BCUT2D eigenvalue weighted by molar-refractivity contribution is 6.07. The number of methoxy groups -OCH3 is 1. The number of unbranched alkanes of at least 4 members (excludes halogenated alkanes) is 1. The number of rotatable bonds is 10. The van der Waals surface area contributed by atoms with Gasteiger partial charge in [-0.15, -0.1) is 0 Å². The summed E-state index contributed by atoms with van der Waals surface area (Å²) in [6, 6.07) is 6.63. The van der Waals surface area contributed by atoms with Gasteiger partial charge in [0.05, 0.1) is 12.7 Å². The molecule has 0 unspecified atom stereocenters. The van der Waals surface area contributed by atoms with Gasteiger partial charge in [0, 0.05) is 25.8 Å². The number of H-pyrrole nitrogens is 1. The first-order valence-corrected chi connectivity index (χ1v) is 10.00. The van der Waals surface area contributed by atoms with Crippen LogP contribution in [-0.4, -0.2) is 41.8 Å². The van der Waals surface area contributed by atoms with E-state index < -0.39 is 17.2 Å². The van der Waals surface area contributed by atoms with E-state index in [-0.39, 0.29) is 30.8 Å². The molecule has 0 aliphatic heterocycles. The molecular formula is C21H30N4O5. The van der Waals surface area contributed by atoms with E-state index in [4.69, 9.17) is 15.2 Å². The summed E-state index contributed by atoms with van der Waals surface area (Å²) in [5.41, 5.74) is 5.17. The van der Waals surface area contributed by atoms with E-state index in [1.54, 1.807) is 24.3 Å². The molecule has 2 aromatic rings. The summed E-state index contributed by atoms with van der Waals surface area (Å²) < 4.78 is 12.0. The zero-order chi connectivity index (χ0) is 22.3. The van der Waals surface area contributed by atoms with Gasteiger partial charge in [-0.1, -0.05) is 13.3 Å². The zero-order valence-electron chi connectivity index (χ0n) is 17.9. The van der Waals surface area contributed by atoms with Crippen LogP contribution in [0.3, 0.4) is 0 Å². The summed E-state index contributed by atoms with van der Waals surface area (Å²) in [6.45, 7) is 6.43. The first-order chi connectivity index (χ1) is 14.3. The average Bonchev–Trinajstić information content (AvgIpc) is 2.69. The molecule has 0 aliphatic rings. The molecule has 2 rings (SSSR count). The van der Waals surface area contributed by atoms with Crippen molar-refractivity contribution < 1.29 is 14.3 Å². The smallest absolute Gasteiger partial charge is 0.330 e. The van der Waals surface area contributed by atoms with Gasteiger partial charge in [0.25, 0.3) is 11.5 Å². The van der Waals surface area contributed by atoms with Gasteiger partial charge in [0.1, 0.15) is 11.6 Å². The molecular weight excluding hydrogens is 388 g/mol. The number of carbonyl (C=O) groups excluding carboxylic acids is 1. The average molecular weight is 418 g/mol. The molecule has 30 heavy (non-hydrogen) atoms. The maximum Gasteiger partial charge on any atom is 0.330 e. The molecule has 1 aromatic heterocycles. The lowest BCUT2D eigenvalue weighted by Gasteiger charge is -2.24. The lowest BCUT2D eigenvalue weighted by Crippen LogP contribution is -2.42. The number of aromatic amines is 1. The third-order valence-electron chi connectivity index (χ3n) is 4.46. The Bertz CT molecular complexity index is 963. The van der Waals surface area contributed by atoms with Crippen molar-refractivity contribution in [2.45, 2.75) is 46.3 Å². The number of benzene rings is 1. The fraction of sp³-hybridized carbons (Fsp3) is 0.476. The molecule has 0 atom stereocenters. The van der Waals surface area contributed by atoms with Crippen LogP contribution in [0, 0.1) is 0 Å². The van der Waals surface area contributed by atoms with Crippen molar-refractivity contribution in [1.29, 1.82) is 0 Å². The van der Waals surface area contributed by atoms with Gasteiger partial charge in [0.15, 0.2) is 5.69 Å². The molecule has 3 N–H and O–H groups in total. The molecule has 1 aromatic carbocycles. The molecule has 0 radical (unpaired) electrons. The van der Waals surface area contributed by atoms with Gasteiger partial charge in [-0.3, -0.25) is 24.0 Å². The number of nitrogens with one attached hydrogen (secondary N) is 1. The number of nitrogens with zero attached hydrogens (tertiary/aromatic N) is 2. The first kappa shape index (κ1) is 23.2. The van der Waals surface area contributed by atoms with Crippen molar-refractivity contribution >= 4 is 17.4 Å². The normalized spacial score (nSPS) is 11.0. The van der Waals surface area contributed by atoms with Gasteiger partial charge in [-0.05, 0) is 44.5 Å². The van der Waals surface area contributed by atoms with Crippen molar-refractivity contribution in [3.63, 3.8) is 0 Å². The Morgan fingerprint density at radius 2 is 1.90 bits per heavy atom. The lowest BCUT2D eigenvalue weighted by atomic mass is 10.1. The number of hydrogen-bond acceptors (Lipinski definition) is 6. The molecule has 0 saturated carbocycles. The number of ether oxygens (including phenoxy) is 2. The second-order valence-corrected chi connectivity index (χ2v) is 7.14. The molecule has 0 fully saturated rings. The number of hydrogen-bond donors (Lipinski definition) is 2. The van der Waals surface area contributed by atoms with Crippen LogP contribution in [0.5, 0.6) is 5.75 Å². The number of nitrogens with two attached hydrogens (primary N) is 1. The van der Waals surface area contributed by atoms with Gasteiger partial charge in [-0.25, -0.2) is 4.79 Å². The summed E-state index contributed by atoms with van der Waals surface area (Å²) >= 11 is 0. The van der Waals surface area contributed by atoms with E-state index in [1.165, 1.54) is 16.6 Å². The van der Waals surface area contributed by atoms with Crippen LogP contribution in [0.15, 0.2) is 33.9 Å². The van der Waals surface area contributed by atoms with E-state index in [1.807, 2.05) is 20.8 Å². The van der Waals surface area contributed by atoms with E-state index in [0.29, 0.717) is 24.3 Å². The van der Waals surface area contributed by atoms with Gasteiger partial charge < -0.3 is 15.2 Å². The number of anilines is 2. The zero-order valence-corrected chi connectivity index (χ0v) is 17.9. The van der Waals surface area contributed by atoms with Crippen molar-refractivity contribution in [1.82, 2.24) is 9.55 Å². The standard InChI is InChI=1S/C21H30N4O5/c1-5-6-11-25-18(22)17(19(26)23-21(25)28)24(12-13-29-4)20(27)15-7-9-16(10-8-15)30-14(2)3/h7-10,14H,5-6,11-13,22H2,1-4H3,(H,23,26,28). The van der Waals surface area contributed by atoms with Gasteiger partial charge >= 0.3 is 5.69 Å². The highest BCUT2D eigenvalue weighted by Crippen LogP contribution is 2.21. The van der Waals surface area contributed by atoms with Crippen LogP contribution >= 0.6 is 0 Å². The molecule has 9 nitrogen and oxygen atoms in total. The number of aromatic nitrogens is 2. The second-order valence-electron chi connectivity index (χ2n) is 7.14. The summed E-state index contributed by atoms with van der Waals surface area (Å²) in [4.78, 5) is 41.6. The summed E-state index contributed by atoms with van der Waals surface area (Å²) in [5, 5.41) is 0. The predicted octanol–water partition coefficient (Wildman–Crippen LogP) is 2.00. The number of amides is 1. The molecule has 0 spiro atoms. The van der Waals surface area contributed by atoms with E-state index in [2.05, 4.69) is 4.98 Å². The maximum absolute atomic E-state index is 13.2. The topological polar surface area (TPSA) is 120 Å². The van der Waals surface area contributed by atoms with E-state index >= 15 is 0 Å². The van der Waals surface area contributed by atoms with Crippen LogP contribution in [0.1, 0.15) is 44.0 Å². The first-order valence-electron chi connectivity index (χ1n) is 10.00. The SMILES string of the molecule is CCCCn1c(N)c(N(CCOC)C(=O)c2ccc(OC(C)C)cc2)c(=O)[nH]c1=O. The van der Waals surface area contributed by atoms with Crippen molar-refractivity contribution in [2.75, 3.05) is 30.9 Å². The minimum atomic E-state index is -0.713. The van der Waals surface area contributed by atoms with Crippen molar-refractivity contribution in [3.8, 4) is 5.75 Å². The largest absolute Gasteiger partial charge is 0.491 e. The van der Waals surface area contributed by atoms with Crippen LogP contribution in [0.2, 0.25) is 0 Å². The number of carbonyl (C=O) groups is 1. The maximum atomic E-state index is 13.2.